The Morgan fingerprint density at radius 3 is 2.68 bits per heavy atom. The summed E-state index contributed by atoms with van der Waals surface area (Å²) in [4.78, 5) is 23.2. The molecule has 19 heavy (non-hydrogen) atoms. The highest BCUT2D eigenvalue weighted by Crippen LogP contribution is 2.19. The van der Waals surface area contributed by atoms with E-state index in [1.807, 2.05) is 13.0 Å². The molecular formula is C13H11BrN2O3. The van der Waals surface area contributed by atoms with Crippen LogP contribution in [0.15, 0.2) is 45.5 Å². The summed E-state index contributed by atoms with van der Waals surface area (Å²) >= 11 is 3.33. The van der Waals surface area contributed by atoms with Crippen molar-refractivity contribution < 1.29 is 14.0 Å². The van der Waals surface area contributed by atoms with Crippen molar-refractivity contribution in [2.45, 2.75) is 6.92 Å². The Morgan fingerprint density at radius 1 is 1.26 bits per heavy atom. The van der Waals surface area contributed by atoms with Gasteiger partial charge in [-0.3, -0.25) is 10.1 Å². The Hall–Kier alpha value is -2.08. The molecule has 2 rings (SSSR count). The summed E-state index contributed by atoms with van der Waals surface area (Å²) in [6.45, 7) is 1.86. The lowest BCUT2D eigenvalue weighted by molar-refractivity contribution is 0.0940. The van der Waals surface area contributed by atoms with Crippen molar-refractivity contribution in [3.05, 3.63) is 52.4 Å². The quantitative estimate of drug-likeness (QED) is 0.891. The van der Waals surface area contributed by atoms with Gasteiger partial charge in [-0.05, 0) is 42.8 Å². The molecule has 2 aromatic rings. The summed E-state index contributed by atoms with van der Waals surface area (Å²) in [6.07, 6.45) is 1.37. The van der Waals surface area contributed by atoms with Gasteiger partial charge in [-0.15, -0.1) is 0 Å². The molecular weight excluding hydrogens is 312 g/mol. The Balaban J connectivity index is 2.00. The van der Waals surface area contributed by atoms with Crippen molar-refractivity contribution in [2.24, 2.45) is 0 Å². The third-order valence-corrected chi connectivity index (χ3v) is 2.90. The van der Waals surface area contributed by atoms with Gasteiger partial charge in [-0.2, -0.15) is 0 Å². The van der Waals surface area contributed by atoms with Crippen LogP contribution in [0.4, 0.5) is 10.5 Å². The summed E-state index contributed by atoms with van der Waals surface area (Å²) in [5.74, 6) is -0.500. The van der Waals surface area contributed by atoms with Crippen LogP contribution in [-0.4, -0.2) is 11.9 Å². The Morgan fingerprint density at radius 2 is 2.05 bits per heavy atom. The zero-order valence-corrected chi connectivity index (χ0v) is 11.7. The second-order valence-corrected chi connectivity index (χ2v) is 4.76. The second kappa shape index (κ2) is 5.71. The summed E-state index contributed by atoms with van der Waals surface area (Å²) in [5, 5.41) is 4.78. The third-order valence-electron chi connectivity index (χ3n) is 2.41. The van der Waals surface area contributed by atoms with E-state index in [-0.39, 0.29) is 5.76 Å². The topological polar surface area (TPSA) is 71.3 Å². The fraction of sp³-hybridized carbons (Fsp3) is 0.0769. The monoisotopic (exact) mass is 322 g/mol. The summed E-state index contributed by atoms with van der Waals surface area (Å²) in [6, 6.07) is 7.86. The molecule has 6 heteroatoms. The zero-order chi connectivity index (χ0) is 13.8. The minimum Gasteiger partial charge on any atom is -0.459 e. The maximum absolute atomic E-state index is 11.7. The molecule has 0 spiro atoms. The fourth-order valence-corrected chi connectivity index (χ4v) is 1.97. The third kappa shape index (κ3) is 3.45. The van der Waals surface area contributed by atoms with Crippen molar-refractivity contribution in [3.63, 3.8) is 0 Å². The van der Waals surface area contributed by atoms with E-state index in [4.69, 9.17) is 4.42 Å². The molecule has 0 aliphatic heterocycles. The molecule has 2 N–H and O–H groups in total. The first kappa shape index (κ1) is 13.4. The lowest BCUT2D eigenvalue weighted by Gasteiger charge is -2.08. The van der Waals surface area contributed by atoms with Crippen LogP contribution in [0.5, 0.6) is 0 Å². The van der Waals surface area contributed by atoms with Crippen molar-refractivity contribution in [1.29, 1.82) is 0 Å². The van der Waals surface area contributed by atoms with Gasteiger partial charge >= 0.3 is 6.03 Å². The van der Waals surface area contributed by atoms with Gasteiger partial charge in [0.2, 0.25) is 0 Å². The molecule has 0 bridgehead atoms. The van der Waals surface area contributed by atoms with Gasteiger partial charge < -0.3 is 9.73 Å². The summed E-state index contributed by atoms with van der Waals surface area (Å²) in [7, 11) is 0. The Kier molecular flexibility index (Phi) is 4.01. The van der Waals surface area contributed by atoms with Gasteiger partial charge in [0.25, 0.3) is 5.91 Å². The van der Waals surface area contributed by atoms with Crippen molar-refractivity contribution in [1.82, 2.24) is 5.32 Å². The standard InChI is InChI=1S/C13H11BrN2O3/c1-8-7-9(14)4-5-10(8)15-13(18)16-12(17)11-3-2-6-19-11/h2-7H,1H3,(H2,15,16,17,18). The molecule has 0 fully saturated rings. The molecule has 0 saturated heterocycles. The molecule has 3 amide bonds. The first-order chi connectivity index (χ1) is 9.06. The molecule has 5 nitrogen and oxygen atoms in total. The number of rotatable bonds is 2. The number of amides is 3. The molecule has 0 saturated carbocycles. The fourth-order valence-electron chi connectivity index (χ4n) is 1.49. The van der Waals surface area contributed by atoms with E-state index < -0.39 is 11.9 Å². The smallest absolute Gasteiger partial charge is 0.326 e. The molecule has 0 atom stereocenters. The van der Waals surface area contributed by atoms with Crippen LogP contribution >= 0.6 is 15.9 Å². The number of imide groups is 1. The molecule has 1 aromatic heterocycles. The van der Waals surface area contributed by atoms with E-state index in [2.05, 4.69) is 26.6 Å². The van der Waals surface area contributed by atoms with Crippen LogP contribution in [0.2, 0.25) is 0 Å². The number of hydrogen-bond donors (Lipinski definition) is 2. The number of anilines is 1. The summed E-state index contributed by atoms with van der Waals surface area (Å²) < 4.78 is 5.81. The van der Waals surface area contributed by atoms with Crippen molar-refractivity contribution in [3.8, 4) is 0 Å². The number of nitrogens with one attached hydrogen (secondary N) is 2. The molecule has 98 valence electrons. The van der Waals surface area contributed by atoms with E-state index in [1.165, 1.54) is 12.3 Å². The maximum Gasteiger partial charge on any atom is 0.326 e. The van der Waals surface area contributed by atoms with E-state index in [1.54, 1.807) is 18.2 Å². The first-order valence-corrected chi connectivity index (χ1v) is 6.27. The van der Waals surface area contributed by atoms with E-state index in [0.29, 0.717) is 5.69 Å². The van der Waals surface area contributed by atoms with Gasteiger partial charge in [0.1, 0.15) is 0 Å². The van der Waals surface area contributed by atoms with E-state index in [9.17, 15) is 9.59 Å². The van der Waals surface area contributed by atoms with E-state index in [0.717, 1.165) is 10.0 Å². The molecule has 0 aliphatic carbocycles. The lowest BCUT2D eigenvalue weighted by atomic mass is 10.2. The average molecular weight is 323 g/mol. The largest absolute Gasteiger partial charge is 0.459 e. The van der Waals surface area contributed by atoms with Gasteiger partial charge in [0, 0.05) is 10.2 Å². The minimum absolute atomic E-state index is 0.0858. The second-order valence-electron chi connectivity index (χ2n) is 3.84. The highest BCUT2D eigenvalue weighted by atomic mass is 79.9. The number of furan rings is 1. The van der Waals surface area contributed by atoms with Crippen LogP contribution in [0, 0.1) is 6.92 Å². The molecule has 0 radical (unpaired) electrons. The Bertz CT molecular complexity index is 608. The number of carbonyl (C=O) groups is 2. The number of hydrogen-bond acceptors (Lipinski definition) is 3. The normalized spacial score (nSPS) is 10.0. The van der Waals surface area contributed by atoms with Crippen LogP contribution < -0.4 is 10.6 Å². The van der Waals surface area contributed by atoms with Crippen molar-refractivity contribution in [2.75, 3.05) is 5.32 Å². The Labute approximate surface area is 118 Å². The highest BCUT2D eigenvalue weighted by Gasteiger charge is 2.13. The number of urea groups is 1. The predicted octanol–water partition coefficient (Wildman–Crippen LogP) is 3.31. The van der Waals surface area contributed by atoms with Gasteiger partial charge in [0.05, 0.1) is 6.26 Å². The molecule has 1 aromatic carbocycles. The first-order valence-electron chi connectivity index (χ1n) is 5.48. The minimum atomic E-state index is -0.605. The lowest BCUT2D eigenvalue weighted by Crippen LogP contribution is -2.34. The number of carbonyl (C=O) groups excluding carboxylic acids is 2. The van der Waals surface area contributed by atoms with Gasteiger partial charge in [-0.25, -0.2) is 4.79 Å². The van der Waals surface area contributed by atoms with Crippen LogP contribution in [0.25, 0.3) is 0 Å². The SMILES string of the molecule is Cc1cc(Br)ccc1NC(=O)NC(=O)c1ccco1. The molecule has 0 unspecified atom stereocenters. The maximum atomic E-state index is 11.7. The van der Waals surface area contributed by atoms with Crippen molar-refractivity contribution >= 4 is 33.6 Å². The molecule has 1 heterocycles. The molecule has 0 aliphatic rings. The van der Waals surface area contributed by atoms with Gasteiger partial charge in [-0.1, -0.05) is 15.9 Å². The van der Waals surface area contributed by atoms with Crippen LogP contribution in [-0.2, 0) is 0 Å². The highest BCUT2D eigenvalue weighted by molar-refractivity contribution is 9.10. The van der Waals surface area contributed by atoms with Crippen LogP contribution in [0.1, 0.15) is 16.1 Å². The van der Waals surface area contributed by atoms with Crippen LogP contribution in [0.3, 0.4) is 0 Å². The number of halogens is 1. The summed E-state index contributed by atoms with van der Waals surface area (Å²) in [5.41, 5.74) is 1.52. The predicted molar refractivity (Wildman–Crippen MR) is 74.1 cm³/mol. The van der Waals surface area contributed by atoms with E-state index >= 15 is 0 Å². The number of aryl methyl sites for hydroxylation is 1. The zero-order valence-electron chi connectivity index (χ0n) is 10.1. The average Bonchev–Trinajstić information content (AvgIpc) is 2.86. The van der Waals surface area contributed by atoms with Gasteiger partial charge in [0.15, 0.2) is 5.76 Å². The number of benzene rings is 1.